The minimum Gasteiger partial charge on any atom is -0.384 e. The van der Waals surface area contributed by atoms with Crippen molar-refractivity contribution in [3.05, 3.63) is 18.2 Å². The van der Waals surface area contributed by atoms with E-state index >= 15 is 0 Å². The van der Waals surface area contributed by atoms with Crippen LogP contribution < -0.4 is 0 Å². The van der Waals surface area contributed by atoms with Crippen LogP contribution in [0.25, 0.3) is 0 Å². The molecule has 0 aliphatic carbocycles. The Kier molecular flexibility index (Phi) is 2.62. The van der Waals surface area contributed by atoms with E-state index in [1.165, 1.54) is 0 Å². The number of hydrogen-bond donors (Lipinski definition) is 1. The van der Waals surface area contributed by atoms with Crippen molar-refractivity contribution in [3.63, 3.8) is 0 Å². The van der Waals surface area contributed by atoms with E-state index in [0.717, 1.165) is 0 Å². The van der Waals surface area contributed by atoms with E-state index in [9.17, 15) is 5.11 Å². The molecule has 1 aromatic heterocycles. The van der Waals surface area contributed by atoms with Crippen LogP contribution in [0, 0.1) is 0 Å². The summed E-state index contributed by atoms with van der Waals surface area (Å²) in [6.07, 6.45) is 2.80. The summed E-state index contributed by atoms with van der Waals surface area (Å²) in [6.45, 7) is 0.289. The zero-order valence-corrected chi connectivity index (χ0v) is 6.69. The lowest BCUT2D eigenvalue weighted by molar-refractivity contribution is 0.0619. The molecule has 62 valence electrons. The highest BCUT2D eigenvalue weighted by atomic mass is 16.5. The molecule has 0 bridgehead atoms. The summed E-state index contributed by atoms with van der Waals surface area (Å²) in [5, 5.41) is 9.33. The average molecular weight is 156 g/mol. The van der Waals surface area contributed by atoms with Gasteiger partial charge in [0, 0.05) is 20.4 Å². The molecule has 4 heteroatoms. The van der Waals surface area contributed by atoms with Gasteiger partial charge in [0.1, 0.15) is 6.10 Å². The van der Waals surface area contributed by atoms with E-state index in [4.69, 9.17) is 4.74 Å². The predicted molar refractivity (Wildman–Crippen MR) is 40.0 cm³/mol. The van der Waals surface area contributed by atoms with Crippen molar-refractivity contribution in [2.45, 2.75) is 6.10 Å². The Morgan fingerprint density at radius 3 is 3.00 bits per heavy atom. The molecule has 1 atom stereocenters. The Hall–Kier alpha value is -0.870. The molecule has 0 amide bonds. The Morgan fingerprint density at radius 1 is 1.82 bits per heavy atom. The van der Waals surface area contributed by atoms with Crippen LogP contribution in [-0.4, -0.2) is 28.4 Å². The van der Waals surface area contributed by atoms with Crippen LogP contribution in [-0.2, 0) is 11.8 Å². The largest absolute Gasteiger partial charge is 0.384 e. The molecule has 0 saturated heterocycles. The summed E-state index contributed by atoms with van der Waals surface area (Å²) in [4.78, 5) is 3.97. The smallest absolute Gasteiger partial charge is 0.121 e. The number of imidazole rings is 1. The monoisotopic (exact) mass is 156 g/mol. The third kappa shape index (κ3) is 2.03. The average Bonchev–Trinajstić information content (AvgIpc) is 2.36. The number of methoxy groups -OCH3 is 1. The highest BCUT2D eigenvalue weighted by Crippen LogP contribution is 2.08. The second-order valence-corrected chi connectivity index (χ2v) is 2.44. The zero-order chi connectivity index (χ0) is 8.27. The predicted octanol–water partition coefficient (Wildman–Crippen LogP) is 0.0999. The molecule has 0 radical (unpaired) electrons. The quantitative estimate of drug-likeness (QED) is 0.675. The van der Waals surface area contributed by atoms with Crippen molar-refractivity contribution in [3.8, 4) is 0 Å². The molecule has 11 heavy (non-hydrogen) atoms. The first-order valence-corrected chi connectivity index (χ1v) is 3.39. The molecule has 0 aliphatic heterocycles. The first-order valence-electron chi connectivity index (χ1n) is 3.39. The lowest BCUT2D eigenvalue weighted by Gasteiger charge is -2.04. The lowest BCUT2D eigenvalue weighted by Crippen LogP contribution is -2.05. The molecule has 0 spiro atoms. The third-order valence-corrected chi connectivity index (χ3v) is 1.39. The Bertz CT molecular complexity index is 222. The first-order chi connectivity index (χ1) is 5.24. The van der Waals surface area contributed by atoms with Gasteiger partial charge in [-0.2, -0.15) is 0 Å². The molecular weight excluding hydrogens is 144 g/mol. The highest BCUT2D eigenvalue weighted by Gasteiger charge is 2.08. The van der Waals surface area contributed by atoms with Crippen LogP contribution in [0.15, 0.2) is 12.5 Å². The topological polar surface area (TPSA) is 47.3 Å². The van der Waals surface area contributed by atoms with E-state index in [1.54, 1.807) is 24.2 Å². The van der Waals surface area contributed by atoms with Crippen molar-refractivity contribution in [1.29, 1.82) is 0 Å². The number of rotatable bonds is 3. The molecule has 0 aliphatic rings. The van der Waals surface area contributed by atoms with Gasteiger partial charge in [-0.25, -0.2) is 4.98 Å². The van der Waals surface area contributed by atoms with Gasteiger partial charge in [0.2, 0.25) is 0 Å². The molecule has 1 rings (SSSR count). The number of aliphatic hydroxyl groups is 1. The van der Waals surface area contributed by atoms with Gasteiger partial charge in [-0.05, 0) is 0 Å². The molecular formula is C7H12N2O2. The standard InChI is InChI=1S/C7H12N2O2/c1-9-3-6(8-5-9)7(10)4-11-2/h3,5,7,10H,4H2,1-2H3. The minimum absolute atomic E-state index is 0.289. The molecule has 1 N–H and O–H groups in total. The maximum atomic E-state index is 9.33. The molecule has 1 aromatic rings. The Morgan fingerprint density at radius 2 is 2.55 bits per heavy atom. The SMILES string of the molecule is COCC(O)c1cn(C)cn1. The summed E-state index contributed by atoms with van der Waals surface area (Å²) in [5.74, 6) is 0. The van der Waals surface area contributed by atoms with Gasteiger partial charge < -0.3 is 14.4 Å². The second-order valence-electron chi connectivity index (χ2n) is 2.44. The van der Waals surface area contributed by atoms with Crippen molar-refractivity contribution in [2.24, 2.45) is 7.05 Å². The Balaban J connectivity index is 2.60. The van der Waals surface area contributed by atoms with Crippen molar-refractivity contribution >= 4 is 0 Å². The van der Waals surface area contributed by atoms with Gasteiger partial charge in [-0.15, -0.1) is 0 Å². The summed E-state index contributed by atoms with van der Waals surface area (Å²) in [5.41, 5.74) is 0.648. The van der Waals surface area contributed by atoms with E-state index in [-0.39, 0.29) is 6.61 Å². The zero-order valence-electron chi connectivity index (χ0n) is 6.69. The summed E-state index contributed by atoms with van der Waals surface area (Å²) >= 11 is 0. The number of aliphatic hydroxyl groups excluding tert-OH is 1. The molecule has 1 heterocycles. The fourth-order valence-corrected chi connectivity index (χ4v) is 0.848. The maximum Gasteiger partial charge on any atom is 0.121 e. The van der Waals surface area contributed by atoms with E-state index in [2.05, 4.69) is 4.98 Å². The van der Waals surface area contributed by atoms with Gasteiger partial charge in [0.15, 0.2) is 0 Å². The summed E-state index contributed by atoms with van der Waals surface area (Å²) in [7, 11) is 3.40. The highest BCUT2D eigenvalue weighted by molar-refractivity contribution is 5.00. The van der Waals surface area contributed by atoms with Gasteiger partial charge in [-0.3, -0.25) is 0 Å². The van der Waals surface area contributed by atoms with Gasteiger partial charge in [-0.1, -0.05) is 0 Å². The number of nitrogens with zero attached hydrogens (tertiary/aromatic N) is 2. The van der Waals surface area contributed by atoms with Crippen LogP contribution in [0.3, 0.4) is 0 Å². The molecule has 0 saturated carbocycles. The normalized spacial score (nSPS) is 13.4. The summed E-state index contributed by atoms with van der Waals surface area (Å²) in [6, 6.07) is 0. The summed E-state index contributed by atoms with van der Waals surface area (Å²) < 4.78 is 6.55. The number of hydrogen-bond acceptors (Lipinski definition) is 3. The molecule has 4 nitrogen and oxygen atoms in total. The third-order valence-electron chi connectivity index (χ3n) is 1.39. The molecule has 0 fully saturated rings. The minimum atomic E-state index is -0.610. The second kappa shape index (κ2) is 3.50. The molecule has 1 unspecified atom stereocenters. The number of ether oxygens (including phenoxy) is 1. The van der Waals surface area contributed by atoms with Crippen LogP contribution in [0.1, 0.15) is 11.8 Å². The van der Waals surface area contributed by atoms with Gasteiger partial charge in [0.05, 0.1) is 18.6 Å². The number of aryl methyl sites for hydroxylation is 1. The number of aromatic nitrogens is 2. The first kappa shape index (κ1) is 8.23. The van der Waals surface area contributed by atoms with Gasteiger partial charge in [0.25, 0.3) is 0 Å². The van der Waals surface area contributed by atoms with Crippen LogP contribution in [0.2, 0.25) is 0 Å². The Labute approximate surface area is 65.4 Å². The van der Waals surface area contributed by atoms with E-state index < -0.39 is 6.10 Å². The van der Waals surface area contributed by atoms with Crippen molar-refractivity contribution < 1.29 is 9.84 Å². The van der Waals surface area contributed by atoms with Crippen LogP contribution >= 0.6 is 0 Å². The van der Waals surface area contributed by atoms with Crippen LogP contribution in [0.5, 0.6) is 0 Å². The molecule has 0 aromatic carbocycles. The fourth-order valence-electron chi connectivity index (χ4n) is 0.848. The van der Waals surface area contributed by atoms with Crippen molar-refractivity contribution in [2.75, 3.05) is 13.7 Å². The van der Waals surface area contributed by atoms with Crippen LogP contribution in [0.4, 0.5) is 0 Å². The maximum absolute atomic E-state index is 9.33. The lowest BCUT2D eigenvalue weighted by atomic mass is 10.3. The van der Waals surface area contributed by atoms with E-state index in [0.29, 0.717) is 5.69 Å². The fraction of sp³-hybridized carbons (Fsp3) is 0.571. The van der Waals surface area contributed by atoms with Gasteiger partial charge >= 0.3 is 0 Å². The van der Waals surface area contributed by atoms with E-state index in [1.807, 2.05) is 7.05 Å². The van der Waals surface area contributed by atoms with Crippen molar-refractivity contribution in [1.82, 2.24) is 9.55 Å².